The average molecular weight is 246 g/mol. The monoisotopic (exact) mass is 245 g/mol. The van der Waals surface area contributed by atoms with Crippen LogP contribution in [0.25, 0.3) is 0 Å². The summed E-state index contributed by atoms with van der Waals surface area (Å²) in [6, 6.07) is 0. The first-order valence-electron chi connectivity index (χ1n) is 6.59. The maximum atomic E-state index is 6.25. The molecule has 0 radical (unpaired) electrons. The quantitative estimate of drug-likeness (QED) is 0.769. The van der Waals surface area contributed by atoms with E-state index in [0.717, 1.165) is 13.1 Å². The third-order valence-electron chi connectivity index (χ3n) is 3.90. The van der Waals surface area contributed by atoms with Crippen LogP contribution in [0.1, 0.15) is 46.0 Å². The largest absolute Gasteiger partial charge is 0.371 e. The van der Waals surface area contributed by atoms with E-state index in [2.05, 4.69) is 19.2 Å². The summed E-state index contributed by atoms with van der Waals surface area (Å²) in [5.41, 5.74) is 0.0920. The molecule has 2 rings (SSSR count). The predicted molar refractivity (Wildman–Crippen MR) is 68.0 cm³/mol. The number of halogens is 1. The fraction of sp³-hybridized carbons (Fsp3) is 1.00. The molecule has 1 saturated heterocycles. The molecule has 0 aromatic carbocycles. The standard InChI is InChI=1S/C13H24ClNO/c1-13(2)7-6-11(16-13)9-15-8-10-4-3-5-12(10)14/h10-12,15H,3-9H2,1-2H3. The number of rotatable bonds is 4. The lowest BCUT2D eigenvalue weighted by atomic mass is 10.1. The molecule has 1 saturated carbocycles. The Kier molecular flexibility index (Phi) is 4.15. The van der Waals surface area contributed by atoms with E-state index in [1.54, 1.807) is 0 Å². The molecule has 2 fully saturated rings. The van der Waals surface area contributed by atoms with Crippen LogP contribution in [-0.2, 0) is 4.74 Å². The van der Waals surface area contributed by atoms with Crippen molar-refractivity contribution in [3.8, 4) is 0 Å². The van der Waals surface area contributed by atoms with Gasteiger partial charge in [0, 0.05) is 11.9 Å². The molecule has 0 spiro atoms. The summed E-state index contributed by atoms with van der Waals surface area (Å²) in [5.74, 6) is 0.677. The predicted octanol–water partition coefficient (Wildman–Crippen LogP) is 2.94. The van der Waals surface area contributed by atoms with Crippen LogP contribution in [0.15, 0.2) is 0 Å². The summed E-state index contributed by atoms with van der Waals surface area (Å²) in [7, 11) is 0. The first-order chi connectivity index (χ1) is 7.57. The molecule has 3 heteroatoms. The van der Waals surface area contributed by atoms with Gasteiger partial charge in [-0.25, -0.2) is 0 Å². The second-order valence-electron chi connectivity index (χ2n) is 5.90. The second kappa shape index (κ2) is 5.24. The molecular formula is C13H24ClNO. The molecular weight excluding hydrogens is 222 g/mol. The van der Waals surface area contributed by atoms with Gasteiger partial charge in [0.2, 0.25) is 0 Å². The second-order valence-corrected chi connectivity index (χ2v) is 6.46. The highest BCUT2D eigenvalue weighted by Crippen LogP contribution is 2.30. The van der Waals surface area contributed by atoms with E-state index in [1.165, 1.54) is 32.1 Å². The van der Waals surface area contributed by atoms with Crippen LogP contribution in [-0.4, -0.2) is 30.2 Å². The first-order valence-corrected chi connectivity index (χ1v) is 7.03. The highest BCUT2D eigenvalue weighted by atomic mass is 35.5. The van der Waals surface area contributed by atoms with Gasteiger partial charge in [-0.1, -0.05) is 6.42 Å². The van der Waals surface area contributed by atoms with Crippen LogP contribution in [0.3, 0.4) is 0 Å². The summed E-state index contributed by atoms with van der Waals surface area (Å²) >= 11 is 6.25. The zero-order valence-corrected chi connectivity index (χ0v) is 11.2. The Hall–Kier alpha value is 0.210. The lowest BCUT2D eigenvalue weighted by Gasteiger charge is -2.20. The molecule has 0 amide bonds. The molecule has 0 bridgehead atoms. The Bertz CT molecular complexity index is 232. The Labute approximate surface area is 104 Å². The van der Waals surface area contributed by atoms with E-state index in [0.29, 0.717) is 17.4 Å². The van der Waals surface area contributed by atoms with Gasteiger partial charge in [0.25, 0.3) is 0 Å². The van der Waals surface area contributed by atoms with E-state index >= 15 is 0 Å². The van der Waals surface area contributed by atoms with Crippen molar-refractivity contribution in [3.63, 3.8) is 0 Å². The third kappa shape index (κ3) is 3.35. The minimum atomic E-state index is 0.0920. The lowest BCUT2D eigenvalue weighted by molar-refractivity contribution is -0.0143. The first kappa shape index (κ1) is 12.7. The van der Waals surface area contributed by atoms with Gasteiger partial charge in [0.05, 0.1) is 11.7 Å². The van der Waals surface area contributed by atoms with Gasteiger partial charge in [0.15, 0.2) is 0 Å². The Morgan fingerprint density at radius 3 is 2.62 bits per heavy atom. The van der Waals surface area contributed by atoms with Crippen molar-refractivity contribution >= 4 is 11.6 Å². The van der Waals surface area contributed by atoms with E-state index in [4.69, 9.17) is 16.3 Å². The molecule has 1 aliphatic carbocycles. The molecule has 3 unspecified atom stereocenters. The van der Waals surface area contributed by atoms with Gasteiger partial charge in [-0.15, -0.1) is 11.6 Å². The van der Waals surface area contributed by atoms with Gasteiger partial charge in [-0.05, 0) is 52.0 Å². The van der Waals surface area contributed by atoms with Crippen molar-refractivity contribution < 1.29 is 4.74 Å². The molecule has 1 heterocycles. The van der Waals surface area contributed by atoms with Gasteiger partial charge in [0.1, 0.15) is 0 Å². The van der Waals surface area contributed by atoms with Crippen LogP contribution >= 0.6 is 11.6 Å². The van der Waals surface area contributed by atoms with Crippen LogP contribution in [0.4, 0.5) is 0 Å². The number of hydrogen-bond donors (Lipinski definition) is 1. The Morgan fingerprint density at radius 2 is 2.06 bits per heavy atom. The molecule has 3 atom stereocenters. The van der Waals surface area contributed by atoms with Crippen LogP contribution < -0.4 is 5.32 Å². The van der Waals surface area contributed by atoms with Crippen molar-refractivity contribution in [3.05, 3.63) is 0 Å². The zero-order chi connectivity index (χ0) is 11.6. The number of alkyl halides is 1. The summed E-state index contributed by atoms with van der Waals surface area (Å²) < 4.78 is 5.94. The van der Waals surface area contributed by atoms with Crippen LogP contribution in [0.5, 0.6) is 0 Å². The molecule has 2 nitrogen and oxygen atoms in total. The summed E-state index contributed by atoms with van der Waals surface area (Å²) in [6.45, 7) is 6.41. The van der Waals surface area contributed by atoms with E-state index in [-0.39, 0.29) is 5.60 Å². The smallest absolute Gasteiger partial charge is 0.0707 e. The lowest BCUT2D eigenvalue weighted by Crippen LogP contribution is -2.33. The van der Waals surface area contributed by atoms with Crippen molar-refractivity contribution in [1.82, 2.24) is 5.32 Å². The molecule has 1 N–H and O–H groups in total. The summed E-state index contributed by atoms with van der Waals surface area (Å²) in [5, 5.41) is 3.92. The third-order valence-corrected chi connectivity index (χ3v) is 4.47. The van der Waals surface area contributed by atoms with E-state index < -0.39 is 0 Å². The van der Waals surface area contributed by atoms with Gasteiger partial charge in [-0.3, -0.25) is 0 Å². The normalized spacial score (nSPS) is 38.1. The highest BCUT2D eigenvalue weighted by Gasteiger charge is 2.31. The summed E-state index contributed by atoms with van der Waals surface area (Å²) in [6.07, 6.45) is 6.56. The Balaban J connectivity index is 1.62. The van der Waals surface area contributed by atoms with Crippen molar-refractivity contribution in [2.45, 2.75) is 63.0 Å². The van der Waals surface area contributed by atoms with Crippen LogP contribution in [0, 0.1) is 5.92 Å². The van der Waals surface area contributed by atoms with Crippen molar-refractivity contribution in [2.24, 2.45) is 5.92 Å². The molecule has 94 valence electrons. The summed E-state index contributed by atoms with van der Waals surface area (Å²) in [4.78, 5) is 0. The topological polar surface area (TPSA) is 21.3 Å². The highest BCUT2D eigenvalue weighted by molar-refractivity contribution is 6.20. The minimum Gasteiger partial charge on any atom is -0.371 e. The number of hydrogen-bond acceptors (Lipinski definition) is 2. The average Bonchev–Trinajstić information content (AvgIpc) is 2.74. The van der Waals surface area contributed by atoms with E-state index in [1.807, 2.05) is 0 Å². The Morgan fingerprint density at radius 1 is 1.25 bits per heavy atom. The molecule has 0 aromatic heterocycles. The van der Waals surface area contributed by atoms with Crippen molar-refractivity contribution in [2.75, 3.05) is 13.1 Å². The zero-order valence-electron chi connectivity index (χ0n) is 10.5. The molecule has 16 heavy (non-hydrogen) atoms. The van der Waals surface area contributed by atoms with Gasteiger partial charge < -0.3 is 10.1 Å². The van der Waals surface area contributed by atoms with Crippen LogP contribution in [0.2, 0.25) is 0 Å². The van der Waals surface area contributed by atoms with Crippen molar-refractivity contribution in [1.29, 1.82) is 0 Å². The van der Waals surface area contributed by atoms with Gasteiger partial charge in [-0.2, -0.15) is 0 Å². The van der Waals surface area contributed by atoms with Gasteiger partial charge >= 0.3 is 0 Å². The maximum Gasteiger partial charge on any atom is 0.0707 e. The fourth-order valence-electron chi connectivity index (χ4n) is 2.87. The maximum absolute atomic E-state index is 6.25. The fourth-order valence-corrected chi connectivity index (χ4v) is 3.24. The molecule has 2 aliphatic rings. The minimum absolute atomic E-state index is 0.0920. The SMILES string of the molecule is CC1(C)CCC(CNCC2CCCC2Cl)O1. The number of ether oxygens (including phenoxy) is 1. The molecule has 0 aromatic rings. The molecule has 1 aliphatic heterocycles. The van der Waals surface area contributed by atoms with E-state index in [9.17, 15) is 0 Å². The number of nitrogens with one attached hydrogen (secondary N) is 1.